The van der Waals surface area contributed by atoms with Gasteiger partial charge in [-0.1, -0.05) is 6.92 Å². The molecule has 1 aliphatic rings. The fraction of sp³-hybridized carbons (Fsp3) is 1.00. The van der Waals surface area contributed by atoms with Crippen molar-refractivity contribution in [2.75, 3.05) is 26.9 Å². The molecule has 0 aromatic rings. The molecule has 0 aromatic carbocycles. The van der Waals surface area contributed by atoms with Crippen molar-refractivity contribution in [3.05, 3.63) is 0 Å². The van der Waals surface area contributed by atoms with Gasteiger partial charge in [-0.25, -0.2) is 0 Å². The predicted octanol–water partition coefficient (Wildman–Crippen LogP) is 0.917. The number of hydrogen-bond acceptors (Lipinski definition) is 4. The average molecular weight is 216 g/mol. The van der Waals surface area contributed by atoms with Gasteiger partial charge in [-0.3, -0.25) is 11.3 Å². The number of rotatable bonds is 6. The Balaban J connectivity index is 2.37. The predicted molar refractivity (Wildman–Crippen MR) is 60.3 cm³/mol. The minimum Gasteiger partial charge on any atom is -0.385 e. The minimum atomic E-state index is 0.348. The third-order valence-corrected chi connectivity index (χ3v) is 3.29. The normalized spacial score (nSPS) is 26.2. The fourth-order valence-electron chi connectivity index (χ4n) is 2.30. The van der Waals surface area contributed by atoms with Crippen LogP contribution in [-0.2, 0) is 9.47 Å². The third-order valence-electron chi connectivity index (χ3n) is 3.29. The van der Waals surface area contributed by atoms with E-state index in [1.165, 1.54) is 6.42 Å². The Bertz CT molecular complexity index is 161. The van der Waals surface area contributed by atoms with E-state index in [1.54, 1.807) is 7.11 Å². The summed E-state index contributed by atoms with van der Waals surface area (Å²) in [5.41, 5.74) is 2.94. The molecular formula is C11H24N2O2. The molecule has 1 saturated heterocycles. The Kier molecular flexibility index (Phi) is 6.17. The summed E-state index contributed by atoms with van der Waals surface area (Å²) in [6.45, 7) is 4.76. The van der Waals surface area contributed by atoms with Gasteiger partial charge >= 0.3 is 0 Å². The topological polar surface area (TPSA) is 56.5 Å². The summed E-state index contributed by atoms with van der Waals surface area (Å²) in [7, 11) is 1.74. The molecule has 0 radical (unpaired) electrons. The molecule has 1 aliphatic heterocycles. The van der Waals surface area contributed by atoms with Crippen LogP contribution in [0.2, 0.25) is 0 Å². The lowest BCUT2D eigenvalue weighted by atomic mass is 9.85. The first kappa shape index (κ1) is 12.9. The van der Waals surface area contributed by atoms with Gasteiger partial charge in [-0.2, -0.15) is 0 Å². The second kappa shape index (κ2) is 7.17. The summed E-state index contributed by atoms with van der Waals surface area (Å²) in [4.78, 5) is 0. The molecule has 3 unspecified atom stereocenters. The van der Waals surface area contributed by atoms with Crippen LogP contribution in [0.4, 0.5) is 0 Å². The van der Waals surface area contributed by atoms with Gasteiger partial charge in [0.05, 0.1) is 6.61 Å². The van der Waals surface area contributed by atoms with Crippen LogP contribution in [0.15, 0.2) is 0 Å². The van der Waals surface area contributed by atoms with Crippen LogP contribution >= 0.6 is 0 Å². The van der Waals surface area contributed by atoms with Crippen molar-refractivity contribution in [2.45, 2.75) is 32.2 Å². The average Bonchev–Trinajstić information content (AvgIpc) is 2.29. The maximum atomic E-state index is 5.63. The Labute approximate surface area is 92.5 Å². The van der Waals surface area contributed by atoms with Gasteiger partial charge in [-0.15, -0.1) is 0 Å². The monoisotopic (exact) mass is 216 g/mol. The van der Waals surface area contributed by atoms with Crippen LogP contribution in [0.25, 0.3) is 0 Å². The zero-order valence-corrected chi connectivity index (χ0v) is 9.87. The molecule has 0 saturated carbocycles. The van der Waals surface area contributed by atoms with Crippen molar-refractivity contribution < 1.29 is 9.47 Å². The lowest BCUT2D eigenvalue weighted by Crippen LogP contribution is -2.48. The van der Waals surface area contributed by atoms with Gasteiger partial charge in [0.2, 0.25) is 0 Å². The maximum absolute atomic E-state index is 5.63. The minimum absolute atomic E-state index is 0.348. The van der Waals surface area contributed by atoms with E-state index in [-0.39, 0.29) is 0 Å². The number of nitrogens with one attached hydrogen (secondary N) is 1. The molecule has 0 spiro atoms. The summed E-state index contributed by atoms with van der Waals surface area (Å²) in [5.74, 6) is 6.71. The van der Waals surface area contributed by atoms with Gasteiger partial charge in [0, 0.05) is 26.4 Å². The molecule has 1 heterocycles. The van der Waals surface area contributed by atoms with Crippen LogP contribution in [0.5, 0.6) is 0 Å². The highest BCUT2D eigenvalue weighted by atomic mass is 16.5. The van der Waals surface area contributed by atoms with Crippen LogP contribution in [0.3, 0.4) is 0 Å². The van der Waals surface area contributed by atoms with Crippen LogP contribution < -0.4 is 11.3 Å². The number of ether oxygens (including phenoxy) is 2. The van der Waals surface area contributed by atoms with Crippen molar-refractivity contribution in [1.29, 1.82) is 0 Å². The van der Waals surface area contributed by atoms with E-state index < -0.39 is 0 Å². The molecule has 0 aliphatic carbocycles. The number of nitrogens with two attached hydrogens (primary N) is 1. The molecular weight excluding hydrogens is 192 g/mol. The second-order valence-corrected chi connectivity index (χ2v) is 4.43. The van der Waals surface area contributed by atoms with Gasteiger partial charge in [-0.05, 0) is 31.1 Å². The lowest BCUT2D eigenvalue weighted by Gasteiger charge is -2.33. The second-order valence-electron chi connectivity index (χ2n) is 4.43. The maximum Gasteiger partial charge on any atom is 0.0509 e. The van der Waals surface area contributed by atoms with E-state index in [1.807, 2.05) is 0 Å². The van der Waals surface area contributed by atoms with Crippen LogP contribution in [-0.4, -0.2) is 33.0 Å². The summed E-state index contributed by atoms with van der Waals surface area (Å²) in [6, 6.07) is 0.348. The summed E-state index contributed by atoms with van der Waals surface area (Å²) < 4.78 is 10.6. The summed E-state index contributed by atoms with van der Waals surface area (Å²) in [5, 5.41) is 0. The van der Waals surface area contributed by atoms with Crippen molar-refractivity contribution in [2.24, 2.45) is 17.7 Å². The number of hydrogen-bond donors (Lipinski definition) is 2. The van der Waals surface area contributed by atoms with Gasteiger partial charge < -0.3 is 9.47 Å². The Morgan fingerprint density at radius 1 is 1.60 bits per heavy atom. The van der Waals surface area contributed by atoms with E-state index in [2.05, 4.69) is 12.3 Å². The third kappa shape index (κ3) is 4.07. The van der Waals surface area contributed by atoms with Gasteiger partial charge in [0.25, 0.3) is 0 Å². The van der Waals surface area contributed by atoms with Crippen LogP contribution in [0, 0.1) is 11.8 Å². The molecule has 1 rings (SSSR count). The zero-order chi connectivity index (χ0) is 11.1. The largest absolute Gasteiger partial charge is 0.385 e. The zero-order valence-electron chi connectivity index (χ0n) is 9.87. The van der Waals surface area contributed by atoms with E-state index >= 15 is 0 Å². The summed E-state index contributed by atoms with van der Waals surface area (Å²) >= 11 is 0. The quantitative estimate of drug-likeness (QED) is 0.512. The molecule has 3 N–H and O–H groups in total. The van der Waals surface area contributed by atoms with Gasteiger partial charge in [0.15, 0.2) is 0 Å². The molecule has 0 amide bonds. The fourth-order valence-corrected chi connectivity index (χ4v) is 2.30. The molecule has 1 fully saturated rings. The smallest absolute Gasteiger partial charge is 0.0509 e. The van der Waals surface area contributed by atoms with E-state index in [4.69, 9.17) is 15.3 Å². The Morgan fingerprint density at radius 2 is 2.40 bits per heavy atom. The molecule has 15 heavy (non-hydrogen) atoms. The highest BCUT2D eigenvalue weighted by Crippen LogP contribution is 2.23. The number of methoxy groups -OCH3 is 1. The molecule has 4 nitrogen and oxygen atoms in total. The molecule has 0 bridgehead atoms. The highest BCUT2D eigenvalue weighted by molar-refractivity contribution is 4.81. The Morgan fingerprint density at radius 3 is 2.93 bits per heavy atom. The highest BCUT2D eigenvalue weighted by Gasteiger charge is 2.27. The van der Waals surface area contributed by atoms with Crippen LogP contribution in [0.1, 0.15) is 26.2 Å². The molecule has 4 heteroatoms. The van der Waals surface area contributed by atoms with Crippen molar-refractivity contribution >= 4 is 0 Å². The van der Waals surface area contributed by atoms with E-state index in [0.29, 0.717) is 17.9 Å². The van der Waals surface area contributed by atoms with Crippen molar-refractivity contribution in [3.8, 4) is 0 Å². The van der Waals surface area contributed by atoms with E-state index in [9.17, 15) is 0 Å². The van der Waals surface area contributed by atoms with Crippen molar-refractivity contribution in [3.63, 3.8) is 0 Å². The first-order valence-electron chi connectivity index (χ1n) is 5.82. The van der Waals surface area contributed by atoms with E-state index in [0.717, 1.165) is 32.7 Å². The van der Waals surface area contributed by atoms with Crippen molar-refractivity contribution in [1.82, 2.24) is 5.43 Å². The Hall–Kier alpha value is -0.160. The summed E-state index contributed by atoms with van der Waals surface area (Å²) in [6.07, 6.45) is 3.41. The molecule has 0 aromatic heterocycles. The van der Waals surface area contributed by atoms with Gasteiger partial charge in [0.1, 0.15) is 0 Å². The standard InChI is InChI=1S/C11H24N2O2/c1-9(5-7-14-2)11(13-12)10-4-3-6-15-8-10/h9-11,13H,3-8,12H2,1-2H3. The SMILES string of the molecule is COCCC(C)C(NN)C1CCCOC1. The first-order chi connectivity index (χ1) is 7.29. The first-order valence-corrected chi connectivity index (χ1v) is 5.82. The molecule has 90 valence electrons. The number of hydrazine groups is 1. The molecule has 3 atom stereocenters. The lowest BCUT2D eigenvalue weighted by molar-refractivity contribution is 0.0268.